The summed E-state index contributed by atoms with van der Waals surface area (Å²) in [7, 11) is 0. The predicted molar refractivity (Wildman–Crippen MR) is 101 cm³/mol. The second kappa shape index (κ2) is 9.93. The van der Waals surface area contributed by atoms with Crippen molar-refractivity contribution >= 4 is 23.0 Å². The van der Waals surface area contributed by atoms with E-state index in [2.05, 4.69) is 18.6 Å². The van der Waals surface area contributed by atoms with E-state index in [0.29, 0.717) is 31.9 Å². The van der Waals surface area contributed by atoms with Crippen molar-refractivity contribution in [3.8, 4) is 0 Å². The van der Waals surface area contributed by atoms with E-state index < -0.39 is 5.18 Å². The number of para-hydroxylation sites is 1. The molecule has 6 heteroatoms. The topological polar surface area (TPSA) is 58.1 Å². The molecule has 1 aliphatic rings. The number of hydrogen-bond donors (Lipinski definition) is 0. The van der Waals surface area contributed by atoms with Crippen LogP contribution in [0.25, 0.3) is 5.53 Å². The lowest BCUT2D eigenvalue weighted by molar-refractivity contribution is -0.0602. The molecule has 0 spiro atoms. The summed E-state index contributed by atoms with van der Waals surface area (Å²) in [5.41, 5.74) is 11.0. The molecule has 2 rings (SSSR count). The van der Waals surface area contributed by atoms with Crippen LogP contribution in [-0.2, 0) is 9.47 Å². The van der Waals surface area contributed by atoms with Gasteiger partial charge in [0.25, 0.3) is 0 Å². The van der Waals surface area contributed by atoms with Gasteiger partial charge in [0.2, 0.25) is 5.18 Å². The lowest BCUT2D eigenvalue weighted by atomic mass is 10.0. The molecule has 1 aromatic rings. The molecular formula is C19H28ClN3O2. The quantitative estimate of drug-likeness (QED) is 0.213. The fourth-order valence-electron chi connectivity index (χ4n) is 2.87. The third kappa shape index (κ3) is 5.29. The van der Waals surface area contributed by atoms with Crippen LogP contribution in [-0.4, -0.2) is 41.5 Å². The standard InChI is InChI=1S/C19H28ClN3O2/c1-3-5-12-24-18-15-23(16-10-8-7-9-11-16)19(20,14-17(18)22-21)25-13-6-4-2/h7-11,18H,3-6,12-15H2,1-2H3. The Morgan fingerprint density at radius 1 is 1.20 bits per heavy atom. The molecular weight excluding hydrogens is 338 g/mol. The van der Waals surface area contributed by atoms with E-state index in [4.69, 9.17) is 21.1 Å². The van der Waals surface area contributed by atoms with Crippen molar-refractivity contribution in [1.29, 1.82) is 0 Å². The van der Waals surface area contributed by atoms with Crippen LogP contribution in [0.3, 0.4) is 0 Å². The molecule has 0 radical (unpaired) electrons. The number of anilines is 1. The van der Waals surface area contributed by atoms with Crippen molar-refractivity contribution < 1.29 is 14.3 Å². The molecule has 2 unspecified atom stereocenters. The first-order valence-electron chi connectivity index (χ1n) is 9.12. The molecule has 1 aromatic carbocycles. The maximum Gasteiger partial charge on any atom is 0.305 e. The van der Waals surface area contributed by atoms with Gasteiger partial charge in [0.1, 0.15) is 6.42 Å². The minimum absolute atomic E-state index is 0.292. The number of rotatable bonds is 9. The number of hydrogen-bond acceptors (Lipinski definition) is 3. The zero-order valence-electron chi connectivity index (χ0n) is 15.2. The number of piperidine rings is 1. The number of halogens is 1. The number of unbranched alkanes of at least 4 members (excludes halogenated alkanes) is 2. The van der Waals surface area contributed by atoms with Crippen LogP contribution in [0.15, 0.2) is 30.3 Å². The number of nitrogens with zero attached hydrogens (tertiary/aromatic N) is 3. The monoisotopic (exact) mass is 365 g/mol. The molecule has 0 aromatic heterocycles. The zero-order valence-corrected chi connectivity index (χ0v) is 15.9. The summed E-state index contributed by atoms with van der Waals surface area (Å²) in [6, 6.07) is 9.93. The molecule has 1 heterocycles. The van der Waals surface area contributed by atoms with Crippen LogP contribution in [0.5, 0.6) is 0 Å². The average Bonchev–Trinajstić information content (AvgIpc) is 2.63. The van der Waals surface area contributed by atoms with Crippen LogP contribution in [0, 0.1) is 0 Å². The molecule has 138 valence electrons. The smallest absolute Gasteiger partial charge is 0.305 e. The molecule has 0 N–H and O–H groups in total. The lowest BCUT2D eigenvalue weighted by Crippen LogP contribution is -2.59. The fourth-order valence-corrected chi connectivity index (χ4v) is 3.25. The Bertz CT molecular complexity index is 577. The number of ether oxygens (including phenoxy) is 2. The molecule has 25 heavy (non-hydrogen) atoms. The van der Waals surface area contributed by atoms with Gasteiger partial charge in [-0.2, -0.15) is 4.79 Å². The van der Waals surface area contributed by atoms with Crippen molar-refractivity contribution in [3.63, 3.8) is 0 Å². The van der Waals surface area contributed by atoms with Gasteiger partial charge in [-0.3, -0.25) is 0 Å². The van der Waals surface area contributed by atoms with Crippen molar-refractivity contribution in [3.05, 3.63) is 35.9 Å². The Hall–Kier alpha value is -1.39. The average molecular weight is 366 g/mol. The van der Waals surface area contributed by atoms with Crippen LogP contribution in [0.1, 0.15) is 46.0 Å². The molecule has 0 bridgehead atoms. The van der Waals surface area contributed by atoms with Gasteiger partial charge in [-0.25, -0.2) is 0 Å². The van der Waals surface area contributed by atoms with Crippen LogP contribution in [0.4, 0.5) is 5.69 Å². The second-order valence-electron chi connectivity index (χ2n) is 6.32. The van der Waals surface area contributed by atoms with Gasteiger partial charge in [0, 0.05) is 12.3 Å². The second-order valence-corrected chi connectivity index (χ2v) is 6.91. The maximum absolute atomic E-state index is 9.45. The minimum Gasteiger partial charge on any atom is -0.364 e. The van der Waals surface area contributed by atoms with Crippen LogP contribution >= 0.6 is 11.6 Å². The Balaban J connectivity index is 2.23. The Morgan fingerprint density at radius 2 is 1.88 bits per heavy atom. The third-order valence-corrected chi connectivity index (χ3v) is 4.80. The van der Waals surface area contributed by atoms with E-state index in [1.165, 1.54) is 0 Å². The van der Waals surface area contributed by atoms with Crippen molar-refractivity contribution in [2.75, 3.05) is 24.7 Å². The first-order chi connectivity index (χ1) is 12.1. The normalized spacial score (nSPS) is 23.6. The summed E-state index contributed by atoms with van der Waals surface area (Å²) in [5.74, 6) is 0. The Labute approximate surface area is 155 Å². The fraction of sp³-hybridized carbons (Fsp3) is 0.632. The SMILES string of the molecule is CCCCOC1CN(c2ccccc2)C(Cl)(OCCCC)CC1=[N+]=[N-]. The maximum atomic E-state index is 9.45. The van der Waals surface area contributed by atoms with Gasteiger partial charge in [-0.05, 0) is 25.0 Å². The summed E-state index contributed by atoms with van der Waals surface area (Å²) in [5, 5.41) is -1.07. The number of benzene rings is 1. The molecule has 1 fully saturated rings. The van der Waals surface area contributed by atoms with Gasteiger partial charge < -0.3 is 19.9 Å². The van der Waals surface area contributed by atoms with Crippen molar-refractivity contribution in [2.24, 2.45) is 0 Å². The zero-order chi connectivity index (χ0) is 18.1. The molecule has 1 aliphatic heterocycles. The van der Waals surface area contributed by atoms with E-state index in [0.717, 1.165) is 31.4 Å². The van der Waals surface area contributed by atoms with Crippen LogP contribution < -0.4 is 4.90 Å². The Kier molecular flexibility index (Phi) is 7.91. The highest BCUT2D eigenvalue weighted by Crippen LogP contribution is 2.37. The van der Waals surface area contributed by atoms with E-state index in [9.17, 15) is 5.53 Å². The van der Waals surface area contributed by atoms with Gasteiger partial charge in [0.15, 0.2) is 6.10 Å². The van der Waals surface area contributed by atoms with E-state index in [-0.39, 0.29) is 6.10 Å². The molecule has 0 saturated carbocycles. The first-order valence-corrected chi connectivity index (χ1v) is 9.50. The molecule has 0 amide bonds. The minimum atomic E-state index is -1.07. The summed E-state index contributed by atoms with van der Waals surface area (Å²) in [4.78, 5) is 5.47. The lowest BCUT2D eigenvalue weighted by Gasteiger charge is -2.44. The summed E-state index contributed by atoms with van der Waals surface area (Å²) in [6.45, 7) is 5.91. The third-order valence-electron chi connectivity index (χ3n) is 4.36. The largest absolute Gasteiger partial charge is 0.364 e. The summed E-state index contributed by atoms with van der Waals surface area (Å²) >= 11 is 6.87. The first kappa shape index (κ1) is 19.9. The van der Waals surface area contributed by atoms with Crippen molar-refractivity contribution in [2.45, 2.75) is 57.2 Å². The number of alkyl halides is 1. The highest BCUT2D eigenvalue weighted by atomic mass is 35.5. The van der Waals surface area contributed by atoms with Crippen molar-refractivity contribution in [1.82, 2.24) is 0 Å². The highest BCUT2D eigenvalue weighted by molar-refractivity contribution is 6.26. The van der Waals surface area contributed by atoms with Crippen LogP contribution in [0.2, 0.25) is 0 Å². The van der Waals surface area contributed by atoms with Gasteiger partial charge in [0.05, 0.1) is 13.2 Å². The molecule has 1 saturated heterocycles. The molecule has 0 aliphatic carbocycles. The Morgan fingerprint density at radius 3 is 2.52 bits per heavy atom. The van der Waals surface area contributed by atoms with E-state index in [1.807, 2.05) is 35.2 Å². The predicted octanol–water partition coefficient (Wildman–Crippen LogP) is 4.46. The molecule has 5 nitrogen and oxygen atoms in total. The van der Waals surface area contributed by atoms with Gasteiger partial charge in [-0.1, -0.05) is 56.5 Å². The van der Waals surface area contributed by atoms with Gasteiger partial charge >= 0.3 is 5.71 Å². The van der Waals surface area contributed by atoms with Gasteiger partial charge in [-0.15, -0.1) is 0 Å². The van der Waals surface area contributed by atoms with E-state index in [1.54, 1.807) is 0 Å². The highest BCUT2D eigenvalue weighted by Gasteiger charge is 2.49. The summed E-state index contributed by atoms with van der Waals surface area (Å²) in [6.07, 6.45) is 3.99. The molecule has 2 atom stereocenters. The summed E-state index contributed by atoms with van der Waals surface area (Å²) < 4.78 is 12.0. The van der Waals surface area contributed by atoms with E-state index >= 15 is 0 Å².